The average molecular weight is 356 g/mol. The zero-order valence-electron chi connectivity index (χ0n) is 14.6. The molecular formula is C19H18F2N4O. The van der Waals surface area contributed by atoms with Crippen LogP contribution in [-0.2, 0) is 0 Å². The molecule has 0 fully saturated rings. The number of amides is 1. The van der Waals surface area contributed by atoms with E-state index in [9.17, 15) is 13.6 Å². The van der Waals surface area contributed by atoms with E-state index in [-0.39, 0.29) is 23.4 Å². The van der Waals surface area contributed by atoms with Crippen molar-refractivity contribution in [2.75, 3.05) is 0 Å². The Morgan fingerprint density at radius 3 is 2.50 bits per heavy atom. The quantitative estimate of drug-likeness (QED) is 0.776. The molecule has 0 bridgehead atoms. The molecule has 2 aromatic carbocycles. The van der Waals surface area contributed by atoms with Crippen LogP contribution < -0.4 is 5.32 Å². The molecule has 5 nitrogen and oxygen atoms in total. The molecule has 1 atom stereocenters. The van der Waals surface area contributed by atoms with E-state index in [4.69, 9.17) is 0 Å². The number of halogens is 2. The smallest absolute Gasteiger partial charge is 0.274 e. The highest BCUT2D eigenvalue weighted by Gasteiger charge is 2.20. The second-order valence-electron chi connectivity index (χ2n) is 6.07. The molecule has 0 spiro atoms. The Hall–Kier alpha value is -3.09. The molecule has 1 aromatic heterocycles. The number of nitrogens with one attached hydrogen (secondary N) is 1. The van der Waals surface area contributed by atoms with Crippen LogP contribution in [-0.4, -0.2) is 20.9 Å². The van der Waals surface area contributed by atoms with Crippen LogP contribution in [0.3, 0.4) is 0 Å². The number of hydrogen-bond donors (Lipinski definition) is 1. The summed E-state index contributed by atoms with van der Waals surface area (Å²) in [5, 5.41) is 10.7. The van der Waals surface area contributed by atoms with E-state index in [1.807, 2.05) is 0 Å². The zero-order valence-corrected chi connectivity index (χ0v) is 14.6. The Morgan fingerprint density at radius 1 is 1.12 bits per heavy atom. The maximum absolute atomic E-state index is 13.8. The predicted octanol–water partition coefficient (Wildman–Crippen LogP) is 3.65. The molecule has 0 aliphatic rings. The van der Waals surface area contributed by atoms with Gasteiger partial charge in [-0.15, -0.1) is 5.10 Å². The average Bonchev–Trinajstić information content (AvgIpc) is 2.99. The highest BCUT2D eigenvalue weighted by Crippen LogP contribution is 2.19. The summed E-state index contributed by atoms with van der Waals surface area (Å²) in [6.07, 6.45) is 0. The minimum absolute atomic E-state index is 0.155. The van der Waals surface area contributed by atoms with E-state index in [2.05, 4.69) is 15.6 Å². The number of nitrogens with zero attached hydrogens (tertiary/aromatic N) is 3. The van der Waals surface area contributed by atoms with Crippen LogP contribution in [0.1, 0.15) is 40.3 Å². The molecule has 1 N–H and O–H groups in total. The molecule has 1 heterocycles. The number of aromatic nitrogens is 3. The molecule has 0 aliphatic heterocycles. The van der Waals surface area contributed by atoms with E-state index in [0.29, 0.717) is 16.9 Å². The molecule has 7 heteroatoms. The van der Waals surface area contributed by atoms with Crippen LogP contribution in [0.4, 0.5) is 8.78 Å². The highest BCUT2D eigenvalue weighted by molar-refractivity contribution is 5.93. The van der Waals surface area contributed by atoms with E-state index < -0.39 is 5.91 Å². The first-order valence-corrected chi connectivity index (χ1v) is 8.12. The third-order valence-corrected chi connectivity index (χ3v) is 4.29. The van der Waals surface area contributed by atoms with Crippen LogP contribution in [0.15, 0.2) is 42.5 Å². The Kier molecular flexibility index (Phi) is 4.79. The van der Waals surface area contributed by atoms with Gasteiger partial charge in [-0.3, -0.25) is 4.79 Å². The molecule has 3 aromatic rings. The normalized spacial score (nSPS) is 12.0. The molecular weight excluding hydrogens is 338 g/mol. The molecule has 0 unspecified atom stereocenters. The first-order valence-electron chi connectivity index (χ1n) is 8.12. The molecule has 134 valence electrons. The van der Waals surface area contributed by atoms with Crippen molar-refractivity contribution in [1.29, 1.82) is 0 Å². The highest BCUT2D eigenvalue weighted by atomic mass is 19.1. The number of carbonyl (C=O) groups is 1. The predicted molar refractivity (Wildman–Crippen MR) is 93.1 cm³/mol. The lowest BCUT2D eigenvalue weighted by Gasteiger charge is -2.13. The van der Waals surface area contributed by atoms with Crippen LogP contribution in [0.25, 0.3) is 5.69 Å². The van der Waals surface area contributed by atoms with Crippen LogP contribution in [0.2, 0.25) is 0 Å². The fourth-order valence-electron chi connectivity index (χ4n) is 2.69. The Balaban J connectivity index is 1.84. The summed E-state index contributed by atoms with van der Waals surface area (Å²) in [6, 6.07) is 10.2. The summed E-state index contributed by atoms with van der Waals surface area (Å²) in [5.41, 5.74) is 2.38. The summed E-state index contributed by atoms with van der Waals surface area (Å²) in [6.45, 7) is 5.13. The maximum atomic E-state index is 13.8. The van der Waals surface area contributed by atoms with Gasteiger partial charge in [-0.1, -0.05) is 23.4 Å². The second kappa shape index (κ2) is 7.03. The van der Waals surface area contributed by atoms with Crippen molar-refractivity contribution in [3.63, 3.8) is 0 Å². The topological polar surface area (TPSA) is 59.8 Å². The van der Waals surface area contributed by atoms with Gasteiger partial charge in [0.05, 0.1) is 17.4 Å². The van der Waals surface area contributed by atoms with Crippen molar-refractivity contribution in [3.8, 4) is 5.69 Å². The number of carbonyl (C=O) groups excluding carboxylic acids is 1. The van der Waals surface area contributed by atoms with Crippen LogP contribution >= 0.6 is 0 Å². The number of rotatable bonds is 4. The van der Waals surface area contributed by atoms with Gasteiger partial charge in [-0.05, 0) is 50.6 Å². The van der Waals surface area contributed by atoms with Crippen LogP contribution in [0.5, 0.6) is 0 Å². The van der Waals surface area contributed by atoms with Crippen molar-refractivity contribution >= 4 is 5.91 Å². The van der Waals surface area contributed by atoms with Crippen LogP contribution in [0, 0.1) is 25.5 Å². The summed E-state index contributed by atoms with van der Waals surface area (Å²) in [4.78, 5) is 12.5. The van der Waals surface area contributed by atoms with Gasteiger partial charge in [-0.25, -0.2) is 13.5 Å². The lowest BCUT2D eigenvalue weighted by Crippen LogP contribution is -2.27. The van der Waals surface area contributed by atoms with E-state index in [0.717, 1.165) is 5.56 Å². The first kappa shape index (κ1) is 17.7. The Labute approximate surface area is 149 Å². The van der Waals surface area contributed by atoms with Gasteiger partial charge in [0.25, 0.3) is 5.91 Å². The van der Waals surface area contributed by atoms with E-state index in [1.54, 1.807) is 45.0 Å². The zero-order chi connectivity index (χ0) is 18.8. The first-order chi connectivity index (χ1) is 12.4. The van der Waals surface area contributed by atoms with Gasteiger partial charge < -0.3 is 5.32 Å². The SMILES string of the molecule is Cc1c(F)cccc1-n1nnc(C(=O)N[C@@H](C)c2ccc(F)cc2)c1C. The third-order valence-electron chi connectivity index (χ3n) is 4.29. The van der Waals surface area contributed by atoms with Crippen molar-refractivity contribution in [1.82, 2.24) is 20.3 Å². The monoisotopic (exact) mass is 356 g/mol. The molecule has 3 rings (SSSR count). The van der Waals surface area contributed by atoms with E-state index in [1.165, 1.54) is 22.9 Å². The second-order valence-corrected chi connectivity index (χ2v) is 6.07. The van der Waals surface area contributed by atoms with Gasteiger partial charge in [0.15, 0.2) is 5.69 Å². The molecule has 0 saturated heterocycles. The summed E-state index contributed by atoms with van der Waals surface area (Å²) < 4.78 is 28.2. The molecule has 0 radical (unpaired) electrons. The standard InChI is InChI=1S/C19H18F2N4O/c1-11-16(21)5-4-6-17(11)25-13(3)18(23-24-25)19(26)22-12(2)14-7-9-15(20)10-8-14/h4-10,12H,1-3H3,(H,22,26)/t12-/m0/s1. The van der Waals surface area contributed by atoms with Gasteiger partial charge in [-0.2, -0.15) is 0 Å². The maximum Gasteiger partial charge on any atom is 0.274 e. The third kappa shape index (κ3) is 3.33. The molecule has 0 aliphatic carbocycles. The van der Waals surface area contributed by atoms with Gasteiger partial charge in [0.2, 0.25) is 0 Å². The lowest BCUT2D eigenvalue weighted by atomic mass is 10.1. The summed E-state index contributed by atoms with van der Waals surface area (Å²) >= 11 is 0. The van der Waals surface area contributed by atoms with E-state index >= 15 is 0 Å². The fraction of sp³-hybridized carbons (Fsp3) is 0.211. The minimum atomic E-state index is -0.403. The number of benzene rings is 2. The van der Waals surface area contributed by atoms with Gasteiger partial charge >= 0.3 is 0 Å². The fourth-order valence-corrected chi connectivity index (χ4v) is 2.69. The largest absolute Gasteiger partial charge is 0.344 e. The summed E-state index contributed by atoms with van der Waals surface area (Å²) in [5.74, 6) is -1.09. The lowest BCUT2D eigenvalue weighted by molar-refractivity contribution is 0.0934. The Bertz CT molecular complexity index is 951. The Morgan fingerprint density at radius 2 is 1.81 bits per heavy atom. The summed E-state index contributed by atoms with van der Waals surface area (Å²) in [7, 11) is 0. The molecule has 1 amide bonds. The van der Waals surface area contributed by atoms with Gasteiger partial charge in [0, 0.05) is 5.56 Å². The molecule has 0 saturated carbocycles. The number of hydrogen-bond acceptors (Lipinski definition) is 3. The van der Waals surface area contributed by atoms with Crippen molar-refractivity contribution in [2.45, 2.75) is 26.8 Å². The van der Waals surface area contributed by atoms with Crippen molar-refractivity contribution in [3.05, 3.63) is 76.6 Å². The minimum Gasteiger partial charge on any atom is -0.344 e. The van der Waals surface area contributed by atoms with Crippen molar-refractivity contribution < 1.29 is 13.6 Å². The molecule has 26 heavy (non-hydrogen) atoms. The van der Waals surface area contributed by atoms with Gasteiger partial charge in [0.1, 0.15) is 11.6 Å². The van der Waals surface area contributed by atoms with Crippen molar-refractivity contribution in [2.24, 2.45) is 0 Å².